The molecule has 1 aromatic heterocycles. The summed E-state index contributed by atoms with van der Waals surface area (Å²) >= 11 is 0. The maximum Gasteiger partial charge on any atom is 0.131 e. The lowest BCUT2D eigenvalue weighted by Crippen LogP contribution is -2.09. The lowest BCUT2D eigenvalue weighted by molar-refractivity contribution is 0.871. The quantitative estimate of drug-likeness (QED) is 0.831. The zero-order chi connectivity index (χ0) is 13.5. The largest absolute Gasteiger partial charge is 0.370 e. The topological polar surface area (TPSA) is 49.8 Å². The van der Waals surface area contributed by atoms with E-state index < -0.39 is 0 Å². The highest BCUT2D eigenvalue weighted by atomic mass is 15.1. The van der Waals surface area contributed by atoms with Gasteiger partial charge in [-0.15, -0.1) is 0 Å². The first kappa shape index (κ1) is 13.3. The lowest BCUT2D eigenvalue weighted by Gasteiger charge is -2.15. The molecule has 0 amide bonds. The van der Waals surface area contributed by atoms with Gasteiger partial charge in [-0.05, 0) is 18.9 Å². The fraction of sp³-hybridized carbons (Fsp3) is 0.333. The summed E-state index contributed by atoms with van der Waals surface area (Å²) in [6.07, 6.45) is 2.66. The van der Waals surface area contributed by atoms with Gasteiger partial charge in [0.2, 0.25) is 0 Å². The van der Waals surface area contributed by atoms with Gasteiger partial charge in [-0.25, -0.2) is 9.97 Å². The van der Waals surface area contributed by atoms with Crippen LogP contribution in [0.5, 0.6) is 0 Å². The van der Waals surface area contributed by atoms with Gasteiger partial charge >= 0.3 is 0 Å². The third kappa shape index (κ3) is 3.95. The predicted octanol–water partition coefficient (Wildman–Crippen LogP) is 3.47. The Hall–Kier alpha value is -2.10. The summed E-state index contributed by atoms with van der Waals surface area (Å²) in [7, 11) is 0. The summed E-state index contributed by atoms with van der Waals surface area (Å²) in [5.74, 6) is 1.70. The Morgan fingerprint density at radius 2 is 1.84 bits per heavy atom. The van der Waals surface area contributed by atoms with E-state index in [4.69, 9.17) is 0 Å². The summed E-state index contributed by atoms with van der Waals surface area (Å²) in [6, 6.07) is 12.5. The summed E-state index contributed by atoms with van der Waals surface area (Å²) in [5.41, 5.74) is 1.24. The van der Waals surface area contributed by atoms with Gasteiger partial charge in [0.25, 0.3) is 0 Å². The van der Waals surface area contributed by atoms with Crippen LogP contribution in [0.25, 0.3) is 0 Å². The van der Waals surface area contributed by atoms with Crippen molar-refractivity contribution in [1.29, 1.82) is 0 Å². The lowest BCUT2D eigenvalue weighted by atomic mass is 10.1. The molecular formula is C15H20N4. The molecule has 0 aliphatic rings. The Kier molecular flexibility index (Phi) is 4.72. The molecule has 1 atom stereocenters. The molecule has 100 valence electrons. The molecule has 19 heavy (non-hydrogen) atoms. The molecule has 0 fully saturated rings. The van der Waals surface area contributed by atoms with Crippen LogP contribution in [0.4, 0.5) is 11.6 Å². The fourth-order valence-electron chi connectivity index (χ4n) is 1.83. The van der Waals surface area contributed by atoms with E-state index >= 15 is 0 Å². The first-order chi connectivity index (χ1) is 9.29. The third-order valence-electron chi connectivity index (χ3n) is 2.89. The molecule has 0 saturated carbocycles. The van der Waals surface area contributed by atoms with Crippen molar-refractivity contribution in [1.82, 2.24) is 9.97 Å². The summed E-state index contributed by atoms with van der Waals surface area (Å²) < 4.78 is 0. The highest BCUT2D eigenvalue weighted by Gasteiger charge is 2.05. The summed E-state index contributed by atoms with van der Waals surface area (Å²) in [4.78, 5) is 8.45. The second-order valence-electron chi connectivity index (χ2n) is 4.49. The zero-order valence-electron chi connectivity index (χ0n) is 11.4. The summed E-state index contributed by atoms with van der Waals surface area (Å²) in [6.45, 7) is 5.17. The molecule has 1 unspecified atom stereocenters. The van der Waals surface area contributed by atoms with Crippen LogP contribution in [-0.4, -0.2) is 16.5 Å². The van der Waals surface area contributed by atoms with Crippen LogP contribution < -0.4 is 10.6 Å². The van der Waals surface area contributed by atoms with Crippen molar-refractivity contribution in [3.63, 3.8) is 0 Å². The molecule has 4 heteroatoms. The minimum atomic E-state index is 0.218. The zero-order valence-corrected chi connectivity index (χ0v) is 11.4. The van der Waals surface area contributed by atoms with E-state index in [2.05, 4.69) is 46.6 Å². The van der Waals surface area contributed by atoms with Gasteiger partial charge in [-0.1, -0.05) is 37.3 Å². The Morgan fingerprint density at radius 1 is 1.11 bits per heavy atom. The molecule has 1 heterocycles. The van der Waals surface area contributed by atoms with E-state index in [1.807, 2.05) is 24.3 Å². The minimum Gasteiger partial charge on any atom is -0.370 e. The fourth-order valence-corrected chi connectivity index (χ4v) is 1.83. The smallest absolute Gasteiger partial charge is 0.131 e. The van der Waals surface area contributed by atoms with Crippen molar-refractivity contribution in [3.05, 3.63) is 48.3 Å². The maximum absolute atomic E-state index is 4.25. The monoisotopic (exact) mass is 256 g/mol. The SMILES string of the molecule is CCCNc1cc(NC(C)c2ccccc2)ncn1. The molecular weight excluding hydrogens is 236 g/mol. The van der Waals surface area contributed by atoms with Crippen molar-refractivity contribution in [2.75, 3.05) is 17.2 Å². The first-order valence-corrected chi connectivity index (χ1v) is 6.67. The Bertz CT molecular complexity index is 499. The molecule has 4 nitrogen and oxygen atoms in total. The van der Waals surface area contributed by atoms with Gasteiger partial charge in [0.05, 0.1) is 0 Å². The molecule has 1 aromatic carbocycles. The van der Waals surface area contributed by atoms with Crippen molar-refractivity contribution in [3.8, 4) is 0 Å². The molecule has 0 saturated heterocycles. The van der Waals surface area contributed by atoms with Gasteiger partial charge in [0.15, 0.2) is 0 Å². The van der Waals surface area contributed by atoms with Gasteiger partial charge in [0, 0.05) is 18.7 Å². The number of hydrogen-bond donors (Lipinski definition) is 2. The predicted molar refractivity (Wildman–Crippen MR) is 79.3 cm³/mol. The maximum atomic E-state index is 4.25. The molecule has 0 radical (unpaired) electrons. The third-order valence-corrected chi connectivity index (χ3v) is 2.89. The van der Waals surface area contributed by atoms with Gasteiger partial charge in [0.1, 0.15) is 18.0 Å². The van der Waals surface area contributed by atoms with Crippen LogP contribution in [-0.2, 0) is 0 Å². The summed E-state index contributed by atoms with van der Waals surface area (Å²) in [5, 5.41) is 6.64. The van der Waals surface area contributed by atoms with E-state index in [0.29, 0.717) is 0 Å². The number of nitrogens with one attached hydrogen (secondary N) is 2. The average Bonchev–Trinajstić information content (AvgIpc) is 2.46. The van der Waals surface area contributed by atoms with Crippen molar-refractivity contribution < 1.29 is 0 Å². The average molecular weight is 256 g/mol. The second-order valence-corrected chi connectivity index (χ2v) is 4.49. The number of nitrogens with zero attached hydrogens (tertiary/aromatic N) is 2. The molecule has 0 aliphatic heterocycles. The van der Waals surface area contributed by atoms with E-state index in [0.717, 1.165) is 24.6 Å². The molecule has 0 spiro atoms. The van der Waals surface area contributed by atoms with Crippen LogP contribution >= 0.6 is 0 Å². The number of hydrogen-bond acceptors (Lipinski definition) is 4. The van der Waals surface area contributed by atoms with Crippen LogP contribution in [0.3, 0.4) is 0 Å². The van der Waals surface area contributed by atoms with Crippen LogP contribution in [0, 0.1) is 0 Å². The second kappa shape index (κ2) is 6.73. The number of benzene rings is 1. The molecule has 0 aliphatic carbocycles. The van der Waals surface area contributed by atoms with E-state index in [1.54, 1.807) is 6.33 Å². The van der Waals surface area contributed by atoms with Crippen molar-refractivity contribution in [2.24, 2.45) is 0 Å². The highest BCUT2D eigenvalue weighted by Crippen LogP contribution is 2.18. The molecule has 2 rings (SSSR count). The van der Waals surface area contributed by atoms with E-state index in [9.17, 15) is 0 Å². The van der Waals surface area contributed by atoms with Crippen LogP contribution in [0.1, 0.15) is 31.9 Å². The van der Waals surface area contributed by atoms with Gasteiger partial charge in [-0.3, -0.25) is 0 Å². The molecule has 2 aromatic rings. The van der Waals surface area contributed by atoms with Crippen LogP contribution in [0.15, 0.2) is 42.7 Å². The number of anilines is 2. The molecule has 2 N–H and O–H groups in total. The standard InChI is InChI=1S/C15H20N4/c1-3-9-16-14-10-15(18-11-17-14)19-12(2)13-7-5-4-6-8-13/h4-8,10-12H,3,9H2,1-2H3,(H2,16,17,18,19). The first-order valence-electron chi connectivity index (χ1n) is 6.67. The van der Waals surface area contributed by atoms with Crippen molar-refractivity contribution >= 4 is 11.6 Å². The number of aromatic nitrogens is 2. The highest BCUT2D eigenvalue weighted by molar-refractivity contribution is 5.47. The van der Waals surface area contributed by atoms with Gasteiger partial charge in [-0.2, -0.15) is 0 Å². The Balaban J connectivity index is 2.02. The normalized spacial score (nSPS) is 11.9. The minimum absolute atomic E-state index is 0.218. The van der Waals surface area contributed by atoms with Crippen molar-refractivity contribution in [2.45, 2.75) is 26.3 Å². The number of rotatable bonds is 6. The molecule has 0 bridgehead atoms. The van der Waals surface area contributed by atoms with Crippen LogP contribution in [0.2, 0.25) is 0 Å². The van der Waals surface area contributed by atoms with E-state index in [1.165, 1.54) is 5.56 Å². The van der Waals surface area contributed by atoms with E-state index in [-0.39, 0.29) is 6.04 Å². The Labute approximate surface area is 114 Å². The van der Waals surface area contributed by atoms with Gasteiger partial charge < -0.3 is 10.6 Å². The Morgan fingerprint density at radius 3 is 2.58 bits per heavy atom.